The molecule has 0 saturated heterocycles. The lowest BCUT2D eigenvalue weighted by atomic mass is 9.81. The molecule has 0 saturated carbocycles. The van der Waals surface area contributed by atoms with Crippen LogP contribution in [0.2, 0.25) is 0 Å². The van der Waals surface area contributed by atoms with Crippen LogP contribution < -0.4 is 0 Å². The van der Waals surface area contributed by atoms with Gasteiger partial charge >= 0.3 is 23.9 Å². The molecule has 0 aliphatic carbocycles. The van der Waals surface area contributed by atoms with Gasteiger partial charge in [0.15, 0.2) is 0 Å². The fourth-order valence-electron chi connectivity index (χ4n) is 2.38. The predicted molar refractivity (Wildman–Crippen MR) is 121 cm³/mol. The minimum absolute atomic E-state index is 0.0230. The monoisotopic (exact) mass is 462 g/mol. The van der Waals surface area contributed by atoms with Gasteiger partial charge < -0.3 is 23.7 Å². The van der Waals surface area contributed by atoms with Crippen LogP contribution in [0.15, 0.2) is 75.4 Å². The third kappa shape index (κ3) is 9.12. The van der Waals surface area contributed by atoms with Gasteiger partial charge in [0, 0.05) is 23.8 Å². The third-order valence-corrected chi connectivity index (χ3v) is 4.53. The highest BCUT2D eigenvalue weighted by atomic mass is 16.6. The van der Waals surface area contributed by atoms with Crippen LogP contribution in [0.3, 0.4) is 0 Å². The van der Waals surface area contributed by atoms with E-state index in [0.717, 1.165) is 18.2 Å². The zero-order valence-corrected chi connectivity index (χ0v) is 18.8. The summed E-state index contributed by atoms with van der Waals surface area (Å²) in [4.78, 5) is 46.9. The highest BCUT2D eigenvalue weighted by Gasteiger charge is 2.38. The Morgan fingerprint density at radius 3 is 1.39 bits per heavy atom. The Morgan fingerprint density at radius 2 is 1.09 bits per heavy atom. The lowest BCUT2D eigenvalue weighted by Gasteiger charge is -2.34. The molecule has 0 amide bonds. The molecule has 9 nitrogen and oxygen atoms in total. The van der Waals surface area contributed by atoms with Crippen LogP contribution in [0.5, 0.6) is 0 Å². The van der Waals surface area contributed by atoms with Crippen molar-refractivity contribution in [2.75, 3.05) is 40.1 Å². The summed E-state index contributed by atoms with van der Waals surface area (Å²) in [6, 6.07) is 0. The molecule has 0 spiro atoms. The van der Waals surface area contributed by atoms with Crippen LogP contribution in [0.1, 0.15) is 0 Å². The molecule has 0 unspecified atom stereocenters. The molecule has 0 radical (unpaired) electrons. The summed E-state index contributed by atoms with van der Waals surface area (Å²) in [5, 5.41) is 0. The lowest BCUT2D eigenvalue weighted by Crippen LogP contribution is -2.44. The Balaban J connectivity index is 5.87. The van der Waals surface area contributed by atoms with Gasteiger partial charge in [-0.15, -0.1) is 13.2 Å². The summed E-state index contributed by atoms with van der Waals surface area (Å²) < 4.78 is 25.9. The Hall–Kier alpha value is -3.72. The van der Waals surface area contributed by atoms with Gasteiger partial charge in [0.1, 0.15) is 19.8 Å². The fourth-order valence-corrected chi connectivity index (χ4v) is 2.38. The maximum Gasteiger partial charge on any atom is 0.334 e. The van der Waals surface area contributed by atoms with Gasteiger partial charge in [-0.3, -0.25) is 0 Å². The number of carbonyl (C=O) groups excluding carboxylic acids is 4. The van der Waals surface area contributed by atoms with E-state index in [0.29, 0.717) is 0 Å². The molecule has 0 aromatic heterocycles. The molecule has 0 aliphatic heterocycles. The standard InChI is InChI=1S/C24H30O9/c1-8-19(25)31-14-23(15-32-20(26)9-2,16-33-21(27)10-3)13-30-17-24(11-4,12-5)18(6)22(28)29-7/h8-12H,1-6,13-17H2,7H3. The van der Waals surface area contributed by atoms with Crippen molar-refractivity contribution in [3.8, 4) is 0 Å². The second-order valence-corrected chi connectivity index (χ2v) is 6.85. The number of rotatable bonds is 17. The summed E-state index contributed by atoms with van der Waals surface area (Å²) >= 11 is 0. The largest absolute Gasteiger partial charge is 0.466 e. The topological polar surface area (TPSA) is 114 Å². The van der Waals surface area contributed by atoms with E-state index in [2.05, 4.69) is 39.5 Å². The van der Waals surface area contributed by atoms with Crippen molar-refractivity contribution in [3.63, 3.8) is 0 Å². The molecule has 180 valence electrons. The predicted octanol–water partition coefficient (Wildman–Crippen LogP) is 2.26. The Bertz CT molecular complexity index is 739. The summed E-state index contributed by atoms with van der Waals surface area (Å²) in [6.07, 6.45) is 5.65. The Kier molecular flexibility index (Phi) is 12.7. The average Bonchev–Trinajstić information content (AvgIpc) is 2.85. The van der Waals surface area contributed by atoms with Crippen LogP contribution >= 0.6 is 0 Å². The summed E-state index contributed by atoms with van der Waals surface area (Å²) in [7, 11) is 1.20. The second-order valence-electron chi connectivity index (χ2n) is 6.85. The molecule has 0 aliphatic rings. The molecular weight excluding hydrogens is 432 g/mol. The van der Waals surface area contributed by atoms with Crippen LogP contribution in [0.4, 0.5) is 0 Å². The van der Waals surface area contributed by atoms with E-state index in [1.165, 1.54) is 19.3 Å². The number of methoxy groups -OCH3 is 1. The number of carbonyl (C=O) groups is 4. The van der Waals surface area contributed by atoms with Gasteiger partial charge in [-0.05, 0) is 0 Å². The Morgan fingerprint density at radius 1 is 0.697 bits per heavy atom. The van der Waals surface area contributed by atoms with E-state index in [4.69, 9.17) is 23.7 Å². The molecule has 0 fully saturated rings. The van der Waals surface area contributed by atoms with Crippen molar-refractivity contribution >= 4 is 23.9 Å². The van der Waals surface area contributed by atoms with E-state index in [9.17, 15) is 19.2 Å². The quantitative estimate of drug-likeness (QED) is 0.139. The number of esters is 4. The average molecular weight is 462 g/mol. The SMILES string of the molecule is C=CC(=O)OCC(COCC(C=C)(C=C)C(=C)C(=O)OC)(COC(=O)C=C)COC(=O)C=C. The minimum atomic E-state index is -1.32. The van der Waals surface area contributed by atoms with Gasteiger partial charge in [0.2, 0.25) is 0 Å². The summed E-state index contributed by atoms with van der Waals surface area (Å²) in [5.74, 6) is -2.95. The molecule has 9 heteroatoms. The highest BCUT2D eigenvalue weighted by Crippen LogP contribution is 2.32. The first-order chi connectivity index (χ1) is 15.6. The molecule has 0 heterocycles. The number of ether oxygens (including phenoxy) is 5. The summed E-state index contributed by atoms with van der Waals surface area (Å²) in [6.45, 7) is 19.6. The van der Waals surface area contributed by atoms with Crippen molar-refractivity contribution in [1.29, 1.82) is 0 Å². The van der Waals surface area contributed by atoms with E-state index >= 15 is 0 Å². The minimum Gasteiger partial charge on any atom is -0.466 e. The van der Waals surface area contributed by atoms with Crippen LogP contribution in [-0.2, 0) is 42.9 Å². The molecule has 0 rings (SSSR count). The van der Waals surface area contributed by atoms with Crippen molar-refractivity contribution in [1.82, 2.24) is 0 Å². The zero-order chi connectivity index (χ0) is 25.5. The summed E-state index contributed by atoms with van der Waals surface area (Å²) in [5.41, 5.74) is -2.49. The lowest BCUT2D eigenvalue weighted by molar-refractivity contribution is -0.162. The van der Waals surface area contributed by atoms with Gasteiger partial charge in [-0.1, -0.05) is 38.5 Å². The first kappa shape index (κ1) is 29.3. The molecule has 33 heavy (non-hydrogen) atoms. The van der Waals surface area contributed by atoms with Gasteiger partial charge in [0.25, 0.3) is 0 Å². The third-order valence-electron chi connectivity index (χ3n) is 4.53. The van der Waals surface area contributed by atoms with Gasteiger partial charge in [-0.25, -0.2) is 19.2 Å². The number of hydrogen-bond acceptors (Lipinski definition) is 9. The first-order valence-corrected chi connectivity index (χ1v) is 9.59. The van der Waals surface area contributed by atoms with Gasteiger partial charge in [-0.2, -0.15) is 0 Å². The number of hydrogen-bond donors (Lipinski definition) is 0. The Labute approximate surface area is 193 Å². The van der Waals surface area contributed by atoms with Crippen molar-refractivity contribution in [2.24, 2.45) is 10.8 Å². The molecule has 0 bridgehead atoms. The van der Waals surface area contributed by atoms with Crippen LogP contribution in [0.25, 0.3) is 0 Å². The maximum atomic E-state index is 12.0. The zero-order valence-electron chi connectivity index (χ0n) is 18.8. The molecule has 0 aromatic rings. The van der Waals surface area contributed by atoms with E-state index < -0.39 is 34.7 Å². The first-order valence-electron chi connectivity index (χ1n) is 9.59. The molecular formula is C24H30O9. The van der Waals surface area contributed by atoms with E-state index in [-0.39, 0.29) is 38.6 Å². The normalized spacial score (nSPS) is 10.7. The maximum absolute atomic E-state index is 12.0. The molecule has 0 atom stereocenters. The van der Waals surface area contributed by atoms with Gasteiger partial charge in [0.05, 0.1) is 31.2 Å². The fraction of sp³-hybridized carbons (Fsp3) is 0.333. The van der Waals surface area contributed by atoms with E-state index in [1.807, 2.05) is 0 Å². The molecule has 0 N–H and O–H groups in total. The van der Waals surface area contributed by atoms with Crippen molar-refractivity contribution < 1.29 is 42.9 Å². The smallest absolute Gasteiger partial charge is 0.334 e. The van der Waals surface area contributed by atoms with E-state index in [1.54, 1.807) is 0 Å². The van der Waals surface area contributed by atoms with Crippen molar-refractivity contribution in [3.05, 3.63) is 75.4 Å². The second kappa shape index (κ2) is 14.4. The molecule has 0 aromatic carbocycles. The van der Waals surface area contributed by atoms with Crippen LogP contribution in [-0.4, -0.2) is 64.0 Å². The van der Waals surface area contributed by atoms with Crippen molar-refractivity contribution in [2.45, 2.75) is 0 Å². The highest BCUT2D eigenvalue weighted by molar-refractivity contribution is 5.90. The van der Waals surface area contributed by atoms with Crippen LogP contribution in [0, 0.1) is 10.8 Å².